The van der Waals surface area contributed by atoms with Gasteiger partial charge in [-0.3, -0.25) is 4.79 Å². The highest BCUT2D eigenvalue weighted by Crippen LogP contribution is 2.27. The lowest BCUT2D eigenvalue weighted by molar-refractivity contribution is -0.125. The lowest BCUT2D eigenvalue weighted by Gasteiger charge is -2.28. The highest BCUT2D eigenvalue weighted by molar-refractivity contribution is 5.77. The van der Waals surface area contributed by atoms with Crippen LogP contribution in [0.5, 0.6) is 11.5 Å². The lowest BCUT2D eigenvalue weighted by atomic mass is 10.0. The van der Waals surface area contributed by atoms with Gasteiger partial charge in [-0.15, -0.1) is 0 Å². The third kappa shape index (κ3) is 4.59. The number of hydrogen-bond acceptors (Lipinski definition) is 6. The van der Waals surface area contributed by atoms with Gasteiger partial charge < -0.3 is 30.1 Å². The molecule has 0 fully saturated rings. The maximum Gasteiger partial charge on any atom is 0.220 e. The van der Waals surface area contributed by atoms with Crippen molar-refractivity contribution in [1.82, 2.24) is 5.32 Å². The van der Waals surface area contributed by atoms with Crippen LogP contribution in [0.15, 0.2) is 18.2 Å². The summed E-state index contributed by atoms with van der Waals surface area (Å²) in [6.45, 7) is -1.62. The summed E-state index contributed by atoms with van der Waals surface area (Å²) in [5.41, 5.74) is -0.510. The summed E-state index contributed by atoms with van der Waals surface area (Å²) in [6.07, 6.45) is 0.599. The molecule has 0 aromatic heterocycles. The molecule has 0 aliphatic rings. The van der Waals surface area contributed by atoms with Crippen molar-refractivity contribution in [2.45, 2.75) is 18.4 Å². The number of aliphatic hydroxyl groups is 3. The molecular formula is C15H23NO6. The molecule has 1 rings (SSSR count). The number of amides is 1. The Balaban J connectivity index is 2.64. The fourth-order valence-corrected chi connectivity index (χ4v) is 1.92. The fraction of sp³-hybridized carbons (Fsp3) is 0.533. The number of carbonyl (C=O) groups excluding carboxylic acids is 1. The average Bonchev–Trinajstić information content (AvgIpc) is 2.57. The molecule has 4 N–H and O–H groups in total. The number of carbonyl (C=O) groups is 1. The van der Waals surface area contributed by atoms with Crippen molar-refractivity contribution >= 4 is 5.91 Å². The lowest BCUT2D eigenvalue weighted by Crippen LogP contribution is -2.57. The van der Waals surface area contributed by atoms with E-state index in [9.17, 15) is 20.1 Å². The molecule has 0 atom stereocenters. The van der Waals surface area contributed by atoms with Crippen LogP contribution in [0.2, 0.25) is 0 Å². The SMILES string of the molecule is COc1ccc(CCC(=O)NC(CO)(CO)CO)cc1OC. The first kappa shape index (κ1) is 18.2. The summed E-state index contributed by atoms with van der Waals surface area (Å²) < 4.78 is 10.3. The van der Waals surface area contributed by atoms with Gasteiger partial charge >= 0.3 is 0 Å². The first-order valence-corrected chi connectivity index (χ1v) is 6.88. The Morgan fingerprint density at radius 1 is 1.09 bits per heavy atom. The van der Waals surface area contributed by atoms with E-state index in [4.69, 9.17) is 9.47 Å². The molecule has 22 heavy (non-hydrogen) atoms. The normalized spacial score (nSPS) is 11.1. The number of rotatable bonds is 9. The van der Waals surface area contributed by atoms with Gasteiger partial charge in [0, 0.05) is 6.42 Å². The van der Waals surface area contributed by atoms with Gasteiger partial charge in [0.1, 0.15) is 5.54 Å². The molecule has 0 spiro atoms. The average molecular weight is 313 g/mol. The third-order valence-corrected chi connectivity index (χ3v) is 3.40. The van der Waals surface area contributed by atoms with Crippen LogP contribution in [0.4, 0.5) is 0 Å². The Morgan fingerprint density at radius 2 is 1.68 bits per heavy atom. The number of methoxy groups -OCH3 is 2. The van der Waals surface area contributed by atoms with E-state index >= 15 is 0 Å². The van der Waals surface area contributed by atoms with Gasteiger partial charge in [-0.25, -0.2) is 0 Å². The van der Waals surface area contributed by atoms with Crippen LogP contribution in [-0.2, 0) is 11.2 Å². The zero-order valence-corrected chi connectivity index (χ0v) is 12.8. The molecule has 7 heteroatoms. The van der Waals surface area contributed by atoms with Crippen molar-refractivity contribution in [2.75, 3.05) is 34.0 Å². The zero-order valence-electron chi connectivity index (χ0n) is 12.8. The molecule has 124 valence electrons. The second-order valence-electron chi connectivity index (χ2n) is 4.99. The van der Waals surface area contributed by atoms with Crippen LogP contribution in [-0.4, -0.2) is 60.8 Å². The van der Waals surface area contributed by atoms with E-state index in [1.165, 1.54) is 7.11 Å². The van der Waals surface area contributed by atoms with Crippen molar-refractivity contribution in [3.8, 4) is 11.5 Å². The van der Waals surface area contributed by atoms with E-state index in [0.717, 1.165) is 5.56 Å². The van der Waals surface area contributed by atoms with E-state index < -0.39 is 25.4 Å². The summed E-state index contributed by atoms with van der Waals surface area (Å²) >= 11 is 0. The first-order chi connectivity index (χ1) is 10.5. The Labute approximate surface area is 129 Å². The van der Waals surface area contributed by atoms with Gasteiger partial charge in [0.2, 0.25) is 5.91 Å². The predicted molar refractivity (Wildman–Crippen MR) is 80.0 cm³/mol. The molecule has 0 saturated heterocycles. The van der Waals surface area contributed by atoms with E-state index in [1.807, 2.05) is 6.07 Å². The maximum atomic E-state index is 11.9. The quantitative estimate of drug-likeness (QED) is 0.488. The van der Waals surface area contributed by atoms with Gasteiger partial charge in [0.05, 0.1) is 34.0 Å². The van der Waals surface area contributed by atoms with Crippen LogP contribution in [0.25, 0.3) is 0 Å². The van der Waals surface area contributed by atoms with Crippen LogP contribution in [0.3, 0.4) is 0 Å². The standard InChI is InChI=1S/C15H23NO6/c1-21-12-5-3-11(7-13(12)22-2)4-6-14(20)16-15(8-17,9-18)10-19/h3,5,7,17-19H,4,6,8-10H2,1-2H3,(H,16,20). The van der Waals surface area contributed by atoms with Crippen LogP contribution in [0.1, 0.15) is 12.0 Å². The first-order valence-electron chi connectivity index (χ1n) is 6.88. The molecule has 0 aliphatic heterocycles. The van der Waals surface area contributed by atoms with Gasteiger partial charge in [-0.2, -0.15) is 0 Å². The van der Waals surface area contributed by atoms with Crippen LogP contribution < -0.4 is 14.8 Å². The van der Waals surface area contributed by atoms with Crippen LogP contribution in [0, 0.1) is 0 Å². The van der Waals surface area contributed by atoms with Crippen molar-refractivity contribution in [3.05, 3.63) is 23.8 Å². The van der Waals surface area contributed by atoms with Crippen LogP contribution >= 0.6 is 0 Å². The second kappa shape index (κ2) is 8.57. The Kier molecular flexibility index (Phi) is 7.10. The molecular weight excluding hydrogens is 290 g/mol. The molecule has 0 unspecified atom stereocenters. The highest BCUT2D eigenvalue weighted by Gasteiger charge is 2.29. The molecule has 0 radical (unpaired) electrons. The largest absolute Gasteiger partial charge is 0.493 e. The molecule has 1 aromatic rings. The van der Waals surface area contributed by atoms with Crippen molar-refractivity contribution < 1.29 is 29.6 Å². The van der Waals surface area contributed by atoms with E-state index in [-0.39, 0.29) is 12.3 Å². The van der Waals surface area contributed by atoms with Gasteiger partial charge in [-0.1, -0.05) is 6.07 Å². The molecule has 0 heterocycles. The molecule has 7 nitrogen and oxygen atoms in total. The maximum absolute atomic E-state index is 11.9. The third-order valence-electron chi connectivity index (χ3n) is 3.40. The number of aryl methyl sites for hydroxylation is 1. The van der Waals surface area contributed by atoms with Gasteiger partial charge in [-0.05, 0) is 24.1 Å². The molecule has 1 amide bonds. The molecule has 1 aromatic carbocycles. The fourth-order valence-electron chi connectivity index (χ4n) is 1.92. The number of hydrogen-bond donors (Lipinski definition) is 4. The van der Waals surface area contributed by atoms with E-state index in [0.29, 0.717) is 17.9 Å². The predicted octanol–water partition coefficient (Wildman–Crippen LogP) is -0.532. The summed E-state index contributed by atoms with van der Waals surface area (Å²) in [6, 6.07) is 5.36. The minimum Gasteiger partial charge on any atom is -0.493 e. The molecule has 0 saturated carbocycles. The molecule has 0 bridgehead atoms. The minimum absolute atomic E-state index is 0.150. The van der Waals surface area contributed by atoms with Crippen molar-refractivity contribution in [2.24, 2.45) is 0 Å². The minimum atomic E-state index is -1.39. The number of nitrogens with one attached hydrogen (secondary N) is 1. The summed E-state index contributed by atoms with van der Waals surface area (Å²) in [5.74, 6) is 0.818. The smallest absolute Gasteiger partial charge is 0.220 e. The number of ether oxygens (including phenoxy) is 2. The summed E-state index contributed by atoms with van der Waals surface area (Å²) in [5, 5.41) is 30.0. The van der Waals surface area contributed by atoms with Crippen molar-refractivity contribution in [1.29, 1.82) is 0 Å². The Hall–Kier alpha value is -1.83. The van der Waals surface area contributed by atoms with Gasteiger partial charge in [0.15, 0.2) is 11.5 Å². The second-order valence-corrected chi connectivity index (χ2v) is 4.99. The zero-order chi connectivity index (χ0) is 16.6. The Bertz CT molecular complexity index is 479. The Morgan fingerprint density at radius 3 is 2.18 bits per heavy atom. The molecule has 0 aliphatic carbocycles. The monoisotopic (exact) mass is 313 g/mol. The summed E-state index contributed by atoms with van der Waals surface area (Å²) in [7, 11) is 3.08. The van der Waals surface area contributed by atoms with Gasteiger partial charge in [0.25, 0.3) is 0 Å². The van der Waals surface area contributed by atoms with Crippen molar-refractivity contribution in [3.63, 3.8) is 0 Å². The topological polar surface area (TPSA) is 108 Å². The van der Waals surface area contributed by atoms with E-state index in [1.54, 1.807) is 19.2 Å². The highest BCUT2D eigenvalue weighted by atomic mass is 16.5. The number of aliphatic hydroxyl groups excluding tert-OH is 3. The summed E-state index contributed by atoms with van der Waals surface area (Å²) in [4.78, 5) is 11.9. The van der Waals surface area contributed by atoms with E-state index in [2.05, 4.69) is 5.32 Å². The number of benzene rings is 1.